The van der Waals surface area contributed by atoms with Crippen molar-refractivity contribution in [2.75, 3.05) is 23.0 Å². The topological polar surface area (TPSA) is 149 Å². The van der Waals surface area contributed by atoms with Crippen LogP contribution in [0.2, 0.25) is 0 Å². The van der Waals surface area contributed by atoms with Gasteiger partial charge in [-0.25, -0.2) is 0 Å². The second kappa shape index (κ2) is 25.3. The molecule has 1 fully saturated rings. The number of carbonyl (C=O) groups is 4. The molecule has 0 aromatic heterocycles. The number of hydrogen-bond donors (Lipinski definition) is 8. The van der Waals surface area contributed by atoms with E-state index >= 15 is 0 Å². The maximum atomic E-state index is 14.0. The van der Waals surface area contributed by atoms with Crippen LogP contribution in [-0.4, -0.2) is 67.3 Å². The molecule has 50 heavy (non-hydrogen) atoms. The summed E-state index contributed by atoms with van der Waals surface area (Å²) in [7, 11) is 0. The molecule has 0 aromatic carbocycles. The summed E-state index contributed by atoms with van der Waals surface area (Å²) in [6.07, 6.45) is 18.3. The van der Waals surface area contributed by atoms with Gasteiger partial charge in [0.1, 0.15) is 0 Å². The first-order valence-electron chi connectivity index (χ1n) is 19.3. The molecule has 0 radical (unpaired) electrons. The number of rotatable bonds is 32. The Morgan fingerprint density at radius 1 is 0.380 bits per heavy atom. The highest BCUT2D eigenvalue weighted by atomic mass is 32.1. The minimum atomic E-state index is -3.05. The first kappa shape index (κ1) is 47.3. The lowest BCUT2D eigenvalue weighted by Gasteiger charge is -2.65. The highest BCUT2D eigenvalue weighted by Crippen LogP contribution is 2.73. The van der Waals surface area contributed by atoms with E-state index in [0.29, 0.717) is 25.7 Å². The molecular formula is C38H68O8S4. The van der Waals surface area contributed by atoms with Gasteiger partial charge < -0.3 is 20.4 Å². The maximum absolute atomic E-state index is 14.0. The predicted octanol–water partition coefficient (Wildman–Crippen LogP) is 10.1. The van der Waals surface area contributed by atoms with Crippen LogP contribution in [0.25, 0.3) is 0 Å². The zero-order chi connectivity index (χ0) is 37.5. The standard InChI is InChI=1S/C38H68O8S4/c39-31(40)37(32(41)42)26-25-35(21-13-5-1-9-17-27-47,22-14-6-2-10-18-28-48)36(23-15-7-3-11-19-29-49,24-16-8-4-12-20-30-50)38(37,33(43)44)34(45)46/h47-50H,1-30H2,(H,39,40)(H,41,42)(H,43,44)(H,45,46). The highest BCUT2D eigenvalue weighted by molar-refractivity contribution is 7.80. The van der Waals surface area contributed by atoms with Gasteiger partial charge in [0.25, 0.3) is 0 Å². The molecule has 8 nitrogen and oxygen atoms in total. The van der Waals surface area contributed by atoms with E-state index in [4.69, 9.17) is 0 Å². The van der Waals surface area contributed by atoms with E-state index in [0.717, 1.165) is 139 Å². The van der Waals surface area contributed by atoms with E-state index < -0.39 is 52.0 Å². The summed E-state index contributed by atoms with van der Waals surface area (Å²) in [4.78, 5) is 54.6. The largest absolute Gasteiger partial charge is 0.480 e. The van der Waals surface area contributed by atoms with Crippen LogP contribution in [0, 0.1) is 21.7 Å². The van der Waals surface area contributed by atoms with Gasteiger partial charge in [0.05, 0.1) is 0 Å². The van der Waals surface area contributed by atoms with Crippen LogP contribution in [0.3, 0.4) is 0 Å². The smallest absolute Gasteiger partial charge is 0.323 e. The van der Waals surface area contributed by atoms with Crippen molar-refractivity contribution >= 4 is 74.4 Å². The van der Waals surface area contributed by atoms with Gasteiger partial charge in [0.2, 0.25) is 0 Å². The van der Waals surface area contributed by atoms with Gasteiger partial charge in [-0.2, -0.15) is 50.5 Å². The number of carboxylic acid groups (broad SMARTS) is 4. The summed E-state index contributed by atoms with van der Waals surface area (Å²) in [5.74, 6) is -4.28. The second-order valence-electron chi connectivity index (χ2n) is 14.7. The molecule has 0 unspecified atom stereocenters. The van der Waals surface area contributed by atoms with Crippen LogP contribution in [-0.2, 0) is 19.2 Å². The predicted molar refractivity (Wildman–Crippen MR) is 216 cm³/mol. The fourth-order valence-electron chi connectivity index (χ4n) is 9.38. The Morgan fingerprint density at radius 3 is 0.940 bits per heavy atom. The summed E-state index contributed by atoms with van der Waals surface area (Å²) in [5.41, 5.74) is -8.49. The zero-order valence-corrected chi connectivity index (χ0v) is 34.0. The Labute approximate surface area is 324 Å². The second-order valence-corrected chi connectivity index (χ2v) is 16.5. The Bertz CT molecular complexity index is 947. The zero-order valence-electron chi connectivity index (χ0n) is 30.4. The van der Waals surface area contributed by atoms with Crippen LogP contribution in [0.15, 0.2) is 0 Å². The van der Waals surface area contributed by atoms with Crippen LogP contribution >= 0.6 is 50.5 Å². The number of carboxylic acids is 4. The van der Waals surface area contributed by atoms with Crippen molar-refractivity contribution in [2.45, 2.75) is 167 Å². The van der Waals surface area contributed by atoms with E-state index in [-0.39, 0.29) is 19.3 Å². The van der Waals surface area contributed by atoms with Crippen molar-refractivity contribution in [2.24, 2.45) is 21.7 Å². The van der Waals surface area contributed by atoms with Gasteiger partial charge in [-0.3, -0.25) is 19.2 Å². The molecule has 1 aliphatic carbocycles. The monoisotopic (exact) mass is 780 g/mol. The Hall–Kier alpha value is -0.720. The van der Waals surface area contributed by atoms with Crippen molar-refractivity contribution in [1.29, 1.82) is 0 Å². The molecule has 0 heterocycles. The fourth-order valence-corrected chi connectivity index (χ4v) is 10.3. The van der Waals surface area contributed by atoms with Crippen molar-refractivity contribution in [3.05, 3.63) is 0 Å². The highest BCUT2D eigenvalue weighted by Gasteiger charge is 2.83. The SMILES string of the molecule is O=C(O)C1(C(=O)O)CCC(CCCCCCCS)(CCCCCCCS)C(CCCCCCCS)(CCCCCCCS)C1(C(=O)O)C(=O)O. The average Bonchev–Trinajstić information content (AvgIpc) is 3.07. The van der Waals surface area contributed by atoms with E-state index in [9.17, 15) is 39.6 Å². The third-order valence-corrected chi connectivity index (χ3v) is 13.1. The van der Waals surface area contributed by atoms with E-state index in [1.165, 1.54) is 0 Å². The number of thiol groups is 4. The summed E-state index contributed by atoms with van der Waals surface area (Å²) >= 11 is 17.3. The molecule has 0 aliphatic heterocycles. The summed E-state index contributed by atoms with van der Waals surface area (Å²) in [5, 5.41) is 44.2. The molecule has 0 aromatic rings. The number of hydrogen-bond acceptors (Lipinski definition) is 8. The third-order valence-electron chi connectivity index (χ3n) is 11.9. The van der Waals surface area contributed by atoms with Crippen molar-refractivity contribution in [3.63, 3.8) is 0 Å². The van der Waals surface area contributed by atoms with Gasteiger partial charge in [-0.05, 0) is 92.6 Å². The normalized spacial score (nSPS) is 17.4. The fraction of sp³-hybridized carbons (Fsp3) is 0.895. The van der Waals surface area contributed by atoms with Gasteiger partial charge in [-0.15, -0.1) is 0 Å². The minimum Gasteiger partial charge on any atom is -0.480 e. The van der Waals surface area contributed by atoms with Gasteiger partial charge in [-0.1, -0.05) is 103 Å². The maximum Gasteiger partial charge on any atom is 0.323 e. The average molecular weight is 781 g/mol. The van der Waals surface area contributed by atoms with E-state index in [1.54, 1.807) is 0 Å². The molecule has 4 N–H and O–H groups in total. The van der Waals surface area contributed by atoms with E-state index in [2.05, 4.69) is 50.5 Å². The molecule has 12 heteroatoms. The Kier molecular flexibility index (Phi) is 24.0. The van der Waals surface area contributed by atoms with Crippen molar-refractivity contribution < 1.29 is 39.6 Å². The summed E-state index contributed by atoms with van der Waals surface area (Å²) in [6, 6.07) is 0. The molecule has 0 saturated heterocycles. The molecule has 292 valence electrons. The van der Waals surface area contributed by atoms with Crippen molar-refractivity contribution in [3.8, 4) is 0 Å². The summed E-state index contributed by atoms with van der Waals surface area (Å²) in [6.45, 7) is 0. The molecule has 1 saturated carbocycles. The van der Waals surface area contributed by atoms with Crippen molar-refractivity contribution in [1.82, 2.24) is 0 Å². The molecule has 1 rings (SSSR count). The van der Waals surface area contributed by atoms with E-state index in [1.807, 2.05) is 0 Å². The van der Waals surface area contributed by atoms with Crippen LogP contribution in [0.5, 0.6) is 0 Å². The first-order valence-corrected chi connectivity index (χ1v) is 21.9. The number of unbranched alkanes of at least 4 members (excludes halogenated alkanes) is 16. The third kappa shape index (κ3) is 11.6. The molecule has 0 spiro atoms. The molecule has 0 amide bonds. The minimum absolute atomic E-state index is 0.171. The lowest BCUT2D eigenvalue weighted by Crippen LogP contribution is -2.74. The van der Waals surface area contributed by atoms with Crippen LogP contribution in [0.4, 0.5) is 0 Å². The lowest BCUT2D eigenvalue weighted by molar-refractivity contribution is -0.245. The van der Waals surface area contributed by atoms with Crippen LogP contribution in [0.1, 0.15) is 167 Å². The van der Waals surface area contributed by atoms with Gasteiger partial charge >= 0.3 is 23.9 Å². The summed E-state index contributed by atoms with van der Waals surface area (Å²) < 4.78 is 0. The Morgan fingerprint density at radius 2 is 0.660 bits per heavy atom. The first-order chi connectivity index (χ1) is 24.0. The lowest BCUT2D eigenvalue weighted by atomic mass is 9.34. The molecule has 0 bridgehead atoms. The molecule has 0 atom stereocenters. The quantitative estimate of drug-likeness (QED) is 0.0191. The number of aliphatic carboxylic acids is 4. The van der Waals surface area contributed by atoms with Gasteiger partial charge in [0, 0.05) is 5.41 Å². The molecular weight excluding hydrogens is 713 g/mol. The Balaban J connectivity index is 4.04. The van der Waals surface area contributed by atoms with Gasteiger partial charge in [0.15, 0.2) is 10.8 Å². The van der Waals surface area contributed by atoms with Crippen LogP contribution < -0.4 is 0 Å². The molecule has 1 aliphatic rings.